The molecule has 0 saturated heterocycles. The van der Waals surface area contributed by atoms with Crippen LogP contribution in [0.5, 0.6) is 5.75 Å². The van der Waals surface area contributed by atoms with E-state index in [2.05, 4.69) is 20.8 Å². The van der Waals surface area contributed by atoms with Crippen LogP contribution in [0.1, 0.15) is 35.6 Å². The van der Waals surface area contributed by atoms with Crippen LogP contribution < -0.4 is 0 Å². The number of benzene rings is 1. The Morgan fingerprint density at radius 1 is 1.15 bits per heavy atom. The van der Waals surface area contributed by atoms with Crippen LogP contribution in [-0.2, 0) is 6.42 Å². The predicted molar refractivity (Wildman–Crippen MR) is 56.3 cm³/mol. The van der Waals surface area contributed by atoms with Gasteiger partial charge in [-0.05, 0) is 49.4 Å². The average molecular weight is 178 g/mol. The molecule has 1 aromatic rings. The molecule has 0 saturated carbocycles. The summed E-state index contributed by atoms with van der Waals surface area (Å²) in [7, 11) is 0. The fourth-order valence-electron chi connectivity index (χ4n) is 1.71. The molecule has 1 rings (SSSR count). The number of phenols is 1. The summed E-state index contributed by atoms with van der Waals surface area (Å²) < 4.78 is 0. The van der Waals surface area contributed by atoms with Gasteiger partial charge < -0.3 is 5.11 Å². The van der Waals surface area contributed by atoms with Crippen molar-refractivity contribution >= 4 is 0 Å². The number of aromatic hydroxyl groups is 1. The van der Waals surface area contributed by atoms with Gasteiger partial charge in [0.1, 0.15) is 5.75 Å². The summed E-state index contributed by atoms with van der Waals surface area (Å²) in [5, 5.41) is 9.83. The van der Waals surface area contributed by atoms with Gasteiger partial charge in [-0.1, -0.05) is 19.4 Å². The van der Waals surface area contributed by atoms with E-state index in [4.69, 9.17) is 0 Å². The van der Waals surface area contributed by atoms with Crippen molar-refractivity contribution in [2.24, 2.45) is 0 Å². The van der Waals surface area contributed by atoms with Crippen molar-refractivity contribution in [1.29, 1.82) is 0 Å². The van der Waals surface area contributed by atoms with Crippen LogP contribution in [0, 0.1) is 20.8 Å². The quantitative estimate of drug-likeness (QED) is 0.737. The minimum absolute atomic E-state index is 0.491. The molecule has 0 radical (unpaired) electrons. The van der Waals surface area contributed by atoms with Crippen molar-refractivity contribution in [3.63, 3.8) is 0 Å². The maximum absolute atomic E-state index is 9.83. The SMILES string of the molecule is CCCc1c(C)c(C)cc(C)c1O. The lowest BCUT2D eigenvalue weighted by molar-refractivity contribution is 0.462. The van der Waals surface area contributed by atoms with Crippen LogP contribution in [0.25, 0.3) is 0 Å². The molecule has 1 N–H and O–H groups in total. The van der Waals surface area contributed by atoms with E-state index in [0.717, 1.165) is 24.0 Å². The molecule has 0 spiro atoms. The van der Waals surface area contributed by atoms with Gasteiger partial charge in [-0.2, -0.15) is 0 Å². The Morgan fingerprint density at radius 3 is 2.31 bits per heavy atom. The van der Waals surface area contributed by atoms with E-state index in [1.807, 2.05) is 13.0 Å². The molecular weight excluding hydrogens is 160 g/mol. The molecule has 0 aliphatic heterocycles. The minimum Gasteiger partial charge on any atom is -0.507 e. The van der Waals surface area contributed by atoms with Crippen molar-refractivity contribution in [2.75, 3.05) is 0 Å². The third kappa shape index (κ3) is 1.85. The number of hydrogen-bond acceptors (Lipinski definition) is 1. The average Bonchev–Trinajstić information content (AvgIpc) is 2.09. The highest BCUT2D eigenvalue weighted by Crippen LogP contribution is 2.28. The minimum atomic E-state index is 0.491. The van der Waals surface area contributed by atoms with E-state index >= 15 is 0 Å². The van der Waals surface area contributed by atoms with Gasteiger partial charge in [0, 0.05) is 0 Å². The largest absolute Gasteiger partial charge is 0.507 e. The summed E-state index contributed by atoms with van der Waals surface area (Å²) >= 11 is 0. The molecule has 0 aliphatic carbocycles. The maximum Gasteiger partial charge on any atom is 0.121 e. The van der Waals surface area contributed by atoms with Crippen molar-refractivity contribution in [2.45, 2.75) is 40.5 Å². The summed E-state index contributed by atoms with van der Waals surface area (Å²) in [6.07, 6.45) is 2.05. The zero-order chi connectivity index (χ0) is 10.0. The highest BCUT2D eigenvalue weighted by atomic mass is 16.3. The zero-order valence-corrected chi connectivity index (χ0v) is 8.94. The molecule has 1 aromatic carbocycles. The van der Waals surface area contributed by atoms with Gasteiger partial charge in [-0.3, -0.25) is 0 Å². The lowest BCUT2D eigenvalue weighted by Crippen LogP contribution is -1.95. The first kappa shape index (κ1) is 10.1. The molecule has 0 heterocycles. The molecule has 0 atom stereocenters. The fourth-order valence-corrected chi connectivity index (χ4v) is 1.71. The molecule has 13 heavy (non-hydrogen) atoms. The Kier molecular flexibility index (Phi) is 2.97. The van der Waals surface area contributed by atoms with Gasteiger partial charge in [-0.25, -0.2) is 0 Å². The fraction of sp³-hybridized carbons (Fsp3) is 0.500. The predicted octanol–water partition coefficient (Wildman–Crippen LogP) is 3.27. The Labute approximate surface area is 80.4 Å². The number of rotatable bonds is 2. The monoisotopic (exact) mass is 178 g/mol. The molecule has 0 bridgehead atoms. The maximum atomic E-state index is 9.83. The van der Waals surface area contributed by atoms with Gasteiger partial charge in [0.25, 0.3) is 0 Å². The number of hydrogen-bond donors (Lipinski definition) is 1. The third-order valence-corrected chi connectivity index (χ3v) is 2.64. The second-order valence-electron chi connectivity index (χ2n) is 3.71. The molecule has 0 fully saturated rings. The Balaban J connectivity index is 3.28. The molecule has 0 unspecified atom stereocenters. The highest BCUT2D eigenvalue weighted by Gasteiger charge is 2.08. The lowest BCUT2D eigenvalue weighted by atomic mass is 9.96. The van der Waals surface area contributed by atoms with Crippen molar-refractivity contribution in [3.8, 4) is 5.75 Å². The summed E-state index contributed by atoms with van der Waals surface area (Å²) in [6, 6.07) is 2.05. The Morgan fingerprint density at radius 2 is 1.77 bits per heavy atom. The topological polar surface area (TPSA) is 20.2 Å². The van der Waals surface area contributed by atoms with Crippen LogP contribution in [0.2, 0.25) is 0 Å². The summed E-state index contributed by atoms with van der Waals surface area (Å²) in [4.78, 5) is 0. The number of aryl methyl sites for hydroxylation is 2. The molecule has 0 amide bonds. The first-order chi connectivity index (χ1) is 6.07. The smallest absolute Gasteiger partial charge is 0.121 e. The van der Waals surface area contributed by atoms with Crippen molar-refractivity contribution in [3.05, 3.63) is 28.3 Å². The van der Waals surface area contributed by atoms with Gasteiger partial charge in [0.15, 0.2) is 0 Å². The normalized spacial score (nSPS) is 10.5. The van der Waals surface area contributed by atoms with E-state index in [-0.39, 0.29) is 0 Å². The van der Waals surface area contributed by atoms with Gasteiger partial charge in [0.2, 0.25) is 0 Å². The van der Waals surface area contributed by atoms with Crippen LogP contribution in [0.3, 0.4) is 0 Å². The van der Waals surface area contributed by atoms with Crippen LogP contribution in [0.15, 0.2) is 6.07 Å². The second-order valence-corrected chi connectivity index (χ2v) is 3.71. The summed E-state index contributed by atoms with van der Waals surface area (Å²) in [5.41, 5.74) is 4.63. The summed E-state index contributed by atoms with van der Waals surface area (Å²) in [6.45, 7) is 8.28. The molecule has 72 valence electrons. The van der Waals surface area contributed by atoms with Crippen LogP contribution in [-0.4, -0.2) is 5.11 Å². The third-order valence-electron chi connectivity index (χ3n) is 2.64. The van der Waals surface area contributed by atoms with Crippen LogP contribution in [0.4, 0.5) is 0 Å². The van der Waals surface area contributed by atoms with E-state index in [0.29, 0.717) is 5.75 Å². The van der Waals surface area contributed by atoms with E-state index in [1.165, 1.54) is 11.1 Å². The van der Waals surface area contributed by atoms with Crippen molar-refractivity contribution < 1.29 is 5.11 Å². The molecule has 0 aromatic heterocycles. The zero-order valence-electron chi connectivity index (χ0n) is 8.94. The highest BCUT2D eigenvalue weighted by molar-refractivity contribution is 5.48. The van der Waals surface area contributed by atoms with Gasteiger partial charge in [0.05, 0.1) is 0 Å². The van der Waals surface area contributed by atoms with Crippen LogP contribution >= 0.6 is 0 Å². The second kappa shape index (κ2) is 3.82. The molecule has 1 nitrogen and oxygen atoms in total. The van der Waals surface area contributed by atoms with Crippen molar-refractivity contribution in [1.82, 2.24) is 0 Å². The summed E-state index contributed by atoms with van der Waals surface area (Å²) in [5.74, 6) is 0.491. The van der Waals surface area contributed by atoms with Gasteiger partial charge >= 0.3 is 0 Å². The van der Waals surface area contributed by atoms with E-state index in [9.17, 15) is 5.11 Å². The Bertz CT molecular complexity index is 287. The molecule has 0 aliphatic rings. The first-order valence-corrected chi connectivity index (χ1v) is 4.86. The van der Waals surface area contributed by atoms with Gasteiger partial charge in [-0.15, -0.1) is 0 Å². The van der Waals surface area contributed by atoms with E-state index < -0.39 is 0 Å². The number of phenolic OH excluding ortho intramolecular Hbond substituents is 1. The van der Waals surface area contributed by atoms with E-state index in [1.54, 1.807) is 0 Å². The first-order valence-electron chi connectivity index (χ1n) is 4.86. The Hall–Kier alpha value is -0.980. The standard InChI is InChI=1S/C12H18O/c1-5-6-11-10(4)8(2)7-9(3)12(11)13/h7,13H,5-6H2,1-4H3. The molecular formula is C12H18O. The molecule has 1 heteroatoms. The lowest BCUT2D eigenvalue weighted by Gasteiger charge is -2.12.